The van der Waals surface area contributed by atoms with Crippen LogP contribution in [0.4, 0.5) is 15.8 Å². The van der Waals surface area contributed by atoms with Crippen LogP contribution in [0.2, 0.25) is 0 Å². The van der Waals surface area contributed by atoms with E-state index in [1.807, 2.05) is 20.8 Å². The first-order chi connectivity index (χ1) is 9.86. The Labute approximate surface area is 124 Å². The van der Waals surface area contributed by atoms with Gasteiger partial charge in [-0.05, 0) is 39.0 Å². The Morgan fingerprint density at radius 1 is 1.43 bits per heavy atom. The molecular weight excluding hydrogens is 273 g/mol. The van der Waals surface area contributed by atoms with Crippen LogP contribution in [0.15, 0.2) is 18.2 Å². The molecule has 2 rings (SSSR count). The maximum absolute atomic E-state index is 13.0. The molecule has 1 aliphatic rings. The number of hydrogen-bond acceptors (Lipinski definition) is 4. The number of benzene rings is 1. The van der Waals surface area contributed by atoms with Crippen molar-refractivity contribution in [3.63, 3.8) is 0 Å². The Morgan fingerprint density at radius 2 is 2.05 bits per heavy atom. The lowest BCUT2D eigenvalue weighted by Crippen LogP contribution is -2.52. The quantitative estimate of drug-likeness (QED) is 0.835. The molecule has 1 unspecified atom stereocenters. The van der Waals surface area contributed by atoms with Crippen molar-refractivity contribution >= 4 is 17.3 Å². The Balaban J connectivity index is 2.02. The Morgan fingerprint density at radius 3 is 2.62 bits per heavy atom. The summed E-state index contributed by atoms with van der Waals surface area (Å²) in [6.45, 7) is 7.24. The molecule has 21 heavy (non-hydrogen) atoms. The second kappa shape index (κ2) is 6.41. The van der Waals surface area contributed by atoms with Crippen LogP contribution in [-0.2, 0) is 9.53 Å². The number of halogens is 1. The van der Waals surface area contributed by atoms with Gasteiger partial charge in [-0.25, -0.2) is 4.39 Å². The van der Waals surface area contributed by atoms with E-state index in [-0.39, 0.29) is 29.8 Å². The standard InChI is InChI=1S/C15H22FN3O2/c1-9-7-19(8-10(2)21-9)11(3)15(20)18-14-5-4-12(16)6-13(14)17/h4-6,9-11H,7-8,17H2,1-3H3,(H,18,20)/t9-,10+,11?. The lowest BCUT2D eigenvalue weighted by atomic mass is 10.1. The van der Waals surface area contributed by atoms with Gasteiger partial charge in [-0.15, -0.1) is 0 Å². The minimum atomic E-state index is -0.422. The molecule has 3 atom stereocenters. The molecule has 6 heteroatoms. The van der Waals surface area contributed by atoms with Crippen LogP contribution >= 0.6 is 0 Å². The van der Waals surface area contributed by atoms with Gasteiger partial charge in [0.05, 0.1) is 29.6 Å². The van der Waals surface area contributed by atoms with Crippen molar-refractivity contribution < 1.29 is 13.9 Å². The number of hydrogen-bond donors (Lipinski definition) is 2. The van der Waals surface area contributed by atoms with E-state index >= 15 is 0 Å². The highest BCUT2D eigenvalue weighted by Crippen LogP contribution is 2.20. The van der Waals surface area contributed by atoms with E-state index in [4.69, 9.17) is 10.5 Å². The number of nitrogens with one attached hydrogen (secondary N) is 1. The Kier molecular flexibility index (Phi) is 4.80. The smallest absolute Gasteiger partial charge is 0.241 e. The summed E-state index contributed by atoms with van der Waals surface area (Å²) in [6.07, 6.45) is 0.194. The summed E-state index contributed by atoms with van der Waals surface area (Å²) >= 11 is 0. The number of rotatable bonds is 3. The highest BCUT2D eigenvalue weighted by Gasteiger charge is 2.29. The molecule has 0 aromatic heterocycles. The highest BCUT2D eigenvalue weighted by atomic mass is 19.1. The van der Waals surface area contributed by atoms with E-state index in [0.717, 1.165) is 0 Å². The fourth-order valence-corrected chi connectivity index (χ4v) is 2.58. The largest absolute Gasteiger partial charge is 0.397 e. The number of nitrogen functional groups attached to an aromatic ring is 1. The van der Waals surface area contributed by atoms with Gasteiger partial charge in [-0.2, -0.15) is 0 Å². The van der Waals surface area contributed by atoms with Gasteiger partial charge < -0.3 is 15.8 Å². The van der Waals surface area contributed by atoms with E-state index in [1.54, 1.807) is 0 Å². The van der Waals surface area contributed by atoms with E-state index < -0.39 is 5.82 Å². The van der Waals surface area contributed by atoms with E-state index in [1.165, 1.54) is 18.2 Å². The third kappa shape index (κ3) is 3.92. The normalized spacial score (nSPS) is 24.6. The minimum Gasteiger partial charge on any atom is -0.397 e. The molecule has 1 heterocycles. The molecule has 1 saturated heterocycles. The summed E-state index contributed by atoms with van der Waals surface area (Å²) in [5.74, 6) is -0.580. The molecule has 116 valence electrons. The van der Waals surface area contributed by atoms with Crippen LogP contribution in [0, 0.1) is 5.82 Å². The molecule has 1 aliphatic heterocycles. The molecule has 1 amide bonds. The second-order valence-corrected chi connectivity index (χ2v) is 5.61. The van der Waals surface area contributed by atoms with Gasteiger partial charge in [0.2, 0.25) is 5.91 Å². The van der Waals surface area contributed by atoms with Crippen molar-refractivity contribution in [1.29, 1.82) is 0 Å². The second-order valence-electron chi connectivity index (χ2n) is 5.61. The Hall–Kier alpha value is -1.66. The topological polar surface area (TPSA) is 67.6 Å². The van der Waals surface area contributed by atoms with Gasteiger partial charge >= 0.3 is 0 Å². The molecule has 3 N–H and O–H groups in total. The maximum Gasteiger partial charge on any atom is 0.241 e. The van der Waals surface area contributed by atoms with E-state index in [0.29, 0.717) is 18.8 Å². The number of morpholine rings is 1. The predicted molar refractivity (Wildman–Crippen MR) is 80.5 cm³/mol. The molecule has 1 aromatic rings. The molecule has 0 saturated carbocycles. The van der Waals surface area contributed by atoms with Crippen molar-refractivity contribution in [2.24, 2.45) is 0 Å². The number of carbonyl (C=O) groups is 1. The lowest BCUT2D eigenvalue weighted by Gasteiger charge is -2.38. The zero-order valence-corrected chi connectivity index (χ0v) is 12.6. The fraction of sp³-hybridized carbons (Fsp3) is 0.533. The van der Waals surface area contributed by atoms with Crippen molar-refractivity contribution in [3.05, 3.63) is 24.0 Å². The lowest BCUT2D eigenvalue weighted by molar-refractivity contribution is -0.126. The van der Waals surface area contributed by atoms with Gasteiger partial charge in [-0.1, -0.05) is 0 Å². The van der Waals surface area contributed by atoms with Crippen LogP contribution in [0.5, 0.6) is 0 Å². The van der Waals surface area contributed by atoms with Crippen molar-refractivity contribution in [2.45, 2.75) is 39.0 Å². The van der Waals surface area contributed by atoms with Gasteiger partial charge in [0.25, 0.3) is 0 Å². The molecule has 1 fully saturated rings. The van der Waals surface area contributed by atoms with Crippen molar-refractivity contribution in [1.82, 2.24) is 4.90 Å². The van der Waals surface area contributed by atoms with Crippen LogP contribution < -0.4 is 11.1 Å². The van der Waals surface area contributed by atoms with Crippen LogP contribution in [0.25, 0.3) is 0 Å². The number of amides is 1. The number of nitrogens with two attached hydrogens (primary N) is 1. The average molecular weight is 295 g/mol. The molecule has 0 bridgehead atoms. The summed E-state index contributed by atoms with van der Waals surface area (Å²) < 4.78 is 18.7. The summed E-state index contributed by atoms with van der Waals surface area (Å²) in [5.41, 5.74) is 6.36. The van der Waals surface area contributed by atoms with Gasteiger partial charge in [0.1, 0.15) is 5.82 Å². The fourth-order valence-electron chi connectivity index (χ4n) is 2.58. The Bertz CT molecular complexity index is 514. The van der Waals surface area contributed by atoms with Crippen molar-refractivity contribution in [2.75, 3.05) is 24.1 Å². The zero-order valence-electron chi connectivity index (χ0n) is 12.6. The van der Waals surface area contributed by atoms with Gasteiger partial charge in [0, 0.05) is 13.1 Å². The monoisotopic (exact) mass is 295 g/mol. The first kappa shape index (κ1) is 15.7. The number of anilines is 2. The summed E-state index contributed by atoms with van der Waals surface area (Å²) in [6, 6.07) is 3.64. The third-order valence-corrected chi connectivity index (χ3v) is 3.65. The first-order valence-corrected chi connectivity index (χ1v) is 7.12. The van der Waals surface area contributed by atoms with Crippen LogP contribution in [0.1, 0.15) is 20.8 Å². The molecule has 0 radical (unpaired) electrons. The SMILES string of the molecule is CC(C(=O)Nc1ccc(F)cc1N)N1C[C@@H](C)O[C@@H](C)C1. The summed E-state index contributed by atoms with van der Waals surface area (Å²) in [5, 5.41) is 2.75. The summed E-state index contributed by atoms with van der Waals surface area (Å²) in [7, 11) is 0. The molecule has 0 spiro atoms. The number of nitrogens with zero attached hydrogens (tertiary/aromatic N) is 1. The first-order valence-electron chi connectivity index (χ1n) is 7.12. The van der Waals surface area contributed by atoms with Crippen LogP contribution in [-0.4, -0.2) is 42.1 Å². The van der Waals surface area contributed by atoms with Crippen molar-refractivity contribution in [3.8, 4) is 0 Å². The molecule has 0 aliphatic carbocycles. The highest BCUT2D eigenvalue weighted by molar-refractivity contribution is 5.97. The zero-order chi connectivity index (χ0) is 15.6. The minimum absolute atomic E-state index is 0.0971. The average Bonchev–Trinajstić information content (AvgIpc) is 2.40. The van der Waals surface area contributed by atoms with E-state index in [2.05, 4.69) is 10.2 Å². The predicted octanol–water partition coefficient (Wildman–Crippen LogP) is 1.84. The number of carbonyl (C=O) groups excluding carboxylic acids is 1. The molecular formula is C15H22FN3O2. The molecule has 5 nitrogen and oxygen atoms in total. The van der Waals surface area contributed by atoms with E-state index in [9.17, 15) is 9.18 Å². The molecule has 1 aromatic carbocycles. The summed E-state index contributed by atoms with van der Waals surface area (Å²) in [4.78, 5) is 14.4. The van der Waals surface area contributed by atoms with Crippen LogP contribution in [0.3, 0.4) is 0 Å². The van der Waals surface area contributed by atoms with Gasteiger partial charge in [0.15, 0.2) is 0 Å². The van der Waals surface area contributed by atoms with Gasteiger partial charge in [-0.3, -0.25) is 9.69 Å². The number of ether oxygens (including phenoxy) is 1. The maximum atomic E-state index is 13.0. The third-order valence-electron chi connectivity index (χ3n) is 3.65.